The molecule has 0 atom stereocenters. The minimum atomic E-state index is 0.609. The van der Waals surface area contributed by atoms with E-state index in [-0.39, 0.29) is 0 Å². The average Bonchev–Trinajstić information content (AvgIpc) is 3.96. The van der Waals surface area contributed by atoms with Gasteiger partial charge in [-0.2, -0.15) is 0 Å². The van der Waals surface area contributed by atoms with E-state index in [0.29, 0.717) is 17.5 Å². The molecule has 12 aromatic rings. The van der Waals surface area contributed by atoms with Gasteiger partial charge in [0.2, 0.25) is 0 Å². The number of hydrogen-bond acceptors (Lipinski definition) is 7. The number of aromatic nitrogens is 3. The zero-order chi connectivity index (χ0) is 33.9. The van der Waals surface area contributed by atoms with Gasteiger partial charge in [0.05, 0.1) is 0 Å². The van der Waals surface area contributed by atoms with Crippen LogP contribution >= 0.6 is 22.7 Å². The Morgan fingerprint density at radius 2 is 0.827 bits per heavy atom. The second-order valence-electron chi connectivity index (χ2n) is 13.1. The Balaban J connectivity index is 1.11. The molecule has 0 aliphatic heterocycles. The third-order valence-electron chi connectivity index (χ3n) is 10.2. The molecule has 0 radical (unpaired) electrons. The maximum Gasteiger partial charge on any atom is 0.165 e. The van der Waals surface area contributed by atoms with Gasteiger partial charge in [0.15, 0.2) is 17.5 Å². The zero-order valence-electron chi connectivity index (χ0n) is 27.3. The van der Waals surface area contributed by atoms with Gasteiger partial charge in [0.25, 0.3) is 0 Å². The van der Waals surface area contributed by atoms with Crippen molar-refractivity contribution >= 4 is 107 Å². The van der Waals surface area contributed by atoms with Gasteiger partial charge in [-0.25, -0.2) is 15.0 Å². The first kappa shape index (κ1) is 28.3. The quantitative estimate of drug-likeness (QED) is 0.183. The Morgan fingerprint density at radius 1 is 0.346 bits per heavy atom. The standard InChI is InChI=1S/C45H23N3O2S2/c1-4-16-35-25(9-1)33-22-38-34(23-37(33)49-35)32-21-24(19-20-36(32)50-38)43-46-44(30-14-7-12-28-26-10-2-5-17-39(26)51-41(28)30)48-45(47-43)31-15-8-13-29-27-11-3-6-18-40(27)52-42(29)31/h1-23H. The fraction of sp³-hybridized carbons (Fsp3) is 0. The van der Waals surface area contributed by atoms with Crippen molar-refractivity contribution in [3.8, 4) is 34.2 Å². The number of nitrogens with zero attached hydrogens (tertiary/aromatic N) is 3. The summed E-state index contributed by atoms with van der Waals surface area (Å²) in [5, 5.41) is 8.98. The molecule has 0 amide bonds. The highest BCUT2D eigenvalue weighted by molar-refractivity contribution is 7.26. The number of fused-ring (bicyclic) bond motifs is 12. The van der Waals surface area contributed by atoms with Crippen LogP contribution in [0.5, 0.6) is 0 Å². The molecule has 12 rings (SSSR count). The smallest absolute Gasteiger partial charge is 0.165 e. The van der Waals surface area contributed by atoms with Crippen LogP contribution in [0.3, 0.4) is 0 Å². The van der Waals surface area contributed by atoms with Crippen LogP contribution in [-0.2, 0) is 0 Å². The first-order chi connectivity index (χ1) is 25.7. The van der Waals surface area contributed by atoms with Crippen molar-refractivity contribution in [2.45, 2.75) is 0 Å². The van der Waals surface area contributed by atoms with Gasteiger partial charge in [0, 0.05) is 78.6 Å². The second kappa shape index (κ2) is 10.6. The highest BCUT2D eigenvalue weighted by atomic mass is 32.1. The van der Waals surface area contributed by atoms with E-state index in [1.165, 1.54) is 30.9 Å². The summed E-state index contributed by atoms with van der Waals surface area (Å²) in [4.78, 5) is 15.7. The molecule has 0 N–H and O–H groups in total. The largest absolute Gasteiger partial charge is 0.456 e. The van der Waals surface area contributed by atoms with Crippen molar-refractivity contribution in [1.29, 1.82) is 0 Å². The topological polar surface area (TPSA) is 65.0 Å². The first-order valence-corrected chi connectivity index (χ1v) is 18.7. The Labute approximate surface area is 303 Å². The third-order valence-corrected chi connectivity index (χ3v) is 12.6. The molecule has 0 saturated heterocycles. The molecule has 0 saturated carbocycles. The molecule has 7 heteroatoms. The van der Waals surface area contributed by atoms with Gasteiger partial charge in [0.1, 0.15) is 22.3 Å². The molecule has 0 aliphatic rings. The normalized spacial score (nSPS) is 12.2. The van der Waals surface area contributed by atoms with Crippen molar-refractivity contribution in [3.63, 3.8) is 0 Å². The highest BCUT2D eigenvalue weighted by Gasteiger charge is 2.20. The molecule has 5 nitrogen and oxygen atoms in total. The molecule has 5 aromatic heterocycles. The maximum atomic E-state index is 6.42. The number of rotatable bonds is 3. The minimum Gasteiger partial charge on any atom is -0.456 e. The van der Waals surface area contributed by atoms with E-state index in [9.17, 15) is 0 Å². The average molecular weight is 702 g/mol. The van der Waals surface area contributed by atoms with Gasteiger partial charge in [-0.1, -0.05) is 78.9 Å². The predicted octanol–water partition coefficient (Wildman–Crippen LogP) is 13.4. The summed E-state index contributed by atoms with van der Waals surface area (Å²) in [6.07, 6.45) is 0. The monoisotopic (exact) mass is 701 g/mol. The molecule has 5 heterocycles. The molecule has 0 unspecified atom stereocenters. The lowest BCUT2D eigenvalue weighted by Crippen LogP contribution is -2.00. The Hall–Kier alpha value is -6.41. The third kappa shape index (κ3) is 4.06. The van der Waals surface area contributed by atoms with Crippen molar-refractivity contribution in [1.82, 2.24) is 15.0 Å². The van der Waals surface area contributed by atoms with Gasteiger partial charge >= 0.3 is 0 Å². The maximum absolute atomic E-state index is 6.42. The van der Waals surface area contributed by atoms with E-state index < -0.39 is 0 Å². The van der Waals surface area contributed by atoms with Crippen LogP contribution in [0.1, 0.15) is 0 Å². The van der Waals surface area contributed by atoms with Crippen LogP contribution in [0.4, 0.5) is 0 Å². The van der Waals surface area contributed by atoms with Gasteiger partial charge < -0.3 is 8.83 Å². The van der Waals surface area contributed by atoms with Crippen molar-refractivity contribution in [3.05, 3.63) is 140 Å². The number of para-hydroxylation sites is 1. The SMILES string of the molecule is c1ccc2c(c1)oc1cc3c(cc12)oc1ccc(-c2nc(-c4cccc5c4sc4ccccc45)nc(-c4cccc5c4sc4ccccc45)n2)cc13. The molecule has 0 spiro atoms. The van der Waals surface area contributed by atoms with Crippen LogP contribution < -0.4 is 0 Å². The molecule has 0 fully saturated rings. The van der Waals surface area contributed by atoms with Crippen LogP contribution in [-0.4, -0.2) is 15.0 Å². The van der Waals surface area contributed by atoms with Gasteiger partial charge in [-0.15, -0.1) is 22.7 Å². The minimum absolute atomic E-state index is 0.609. The Kier molecular flexibility index (Phi) is 5.75. The summed E-state index contributed by atoms with van der Waals surface area (Å²) in [5.74, 6) is 1.91. The molecular weight excluding hydrogens is 679 g/mol. The lowest BCUT2D eigenvalue weighted by atomic mass is 10.1. The van der Waals surface area contributed by atoms with Gasteiger partial charge in [-0.3, -0.25) is 0 Å². The van der Waals surface area contributed by atoms with Crippen LogP contribution in [0.15, 0.2) is 148 Å². The van der Waals surface area contributed by atoms with Crippen LogP contribution in [0.25, 0.3) is 118 Å². The van der Waals surface area contributed by atoms with E-state index in [2.05, 4.69) is 109 Å². The molecule has 242 valence electrons. The van der Waals surface area contributed by atoms with Crippen LogP contribution in [0.2, 0.25) is 0 Å². The van der Waals surface area contributed by atoms with Crippen molar-refractivity contribution in [2.24, 2.45) is 0 Å². The summed E-state index contributed by atoms with van der Waals surface area (Å²) in [6, 6.07) is 48.5. The Morgan fingerprint density at radius 3 is 1.46 bits per heavy atom. The molecule has 7 aromatic carbocycles. The van der Waals surface area contributed by atoms with E-state index in [1.54, 1.807) is 22.7 Å². The molecule has 0 bridgehead atoms. The van der Waals surface area contributed by atoms with Crippen molar-refractivity contribution < 1.29 is 8.83 Å². The number of thiophene rings is 2. The zero-order valence-corrected chi connectivity index (χ0v) is 28.9. The van der Waals surface area contributed by atoms with E-state index >= 15 is 0 Å². The summed E-state index contributed by atoms with van der Waals surface area (Å²) >= 11 is 3.56. The summed E-state index contributed by atoms with van der Waals surface area (Å²) in [6.45, 7) is 0. The summed E-state index contributed by atoms with van der Waals surface area (Å²) in [5.41, 5.74) is 6.19. The van der Waals surface area contributed by atoms with E-state index in [4.69, 9.17) is 23.8 Å². The van der Waals surface area contributed by atoms with E-state index in [1.807, 2.05) is 30.3 Å². The van der Waals surface area contributed by atoms with E-state index in [0.717, 1.165) is 70.0 Å². The van der Waals surface area contributed by atoms with Crippen molar-refractivity contribution in [2.75, 3.05) is 0 Å². The number of benzene rings is 7. The fourth-order valence-electron chi connectivity index (χ4n) is 7.73. The first-order valence-electron chi connectivity index (χ1n) is 17.1. The van der Waals surface area contributed by atoms with Crippen LogP contribution in [0, 0.1) is 0 Å². The summed E-state index contributed by atoms with van der Waals surface area (Å²) in [7, 11) is 0. The number of furan rings is 2. The summed E-state index contributed by atoms with van der Waals surface area (Å²) < 4.78 is 17.5. The highest BCUT2D eigenvalue weighted by Crippen LogP contribution is 2.43. The Bertz CT molecular complexity index is 3310. The second-order valence-corrected chi connectivity index (χ2v) is 15.2. The molecular formula is C45H23N3O2S2. The number of hydrogen-bond donors (Lipinski definition) is 0. The predicted molar refractivity (Wildman–Crippen MR) is 216 cm³/mol. The molecule has 52 heavy (non-hydrogen) atoms. The molecule has 0 aliphatic carbocycles. The fourth-order valence-corrected chi connectivity index (χ4v) is 10.1. The lowest BCUT2D eigenvalue weighted by molar-refractivity contribution is 0.664. The van der Waals surface area contributed by atoms with Gasteiger partial charge in [-0.05, 0) is 60.7 Å². The lowest BCUT2D eigenvalue weighted by Gasteiger charge is -2.10.